The number of hydrogen-bond acceptors (Lipinski definition) is 3. The quantitative estimate of drug-likeness (QED) is 0.745. The summed E-state index contributed by atoms with van der Waals surface area (Å²) in [7, 11) is 0. The molecular weight excluding hydrogens is 252 g/mol. The number of fused-ring (bicyclic) bond motifs is 1. The Labute approximate surface area is 110 Å². The minimum atomic E-state index is 0.384. The van der Waals surface area contributed by atoms with Gasteiger partial charge in [-0.2, -0.15) is 0 Å². The van der Waals surface area contributed by atoms with E-state index in [2.05, 4.69) is 23.0 Å². The van der Waals surface area contributed by atoms with Gasteiger partial charge in [0, 0.05) is 10.3 Å². The standard InChI is InChI=1S/C13H15ClN2S/c1-2-13(5-3-4-6-13)10-7-9-11(17-10)12(14)16-8-15-9/h7-8H,2-6H2,1H3. The van der Waals surface area contributed by atoms with Gasteiger partial charge in [0.2, 0.25) is 0 Å². The summed E-state index contributed by atoms with van der Waals surface area (Å²) in [6.45, 7) is 2.29. The van der Waals surface area contributed by atoms with Gasteiger partial charge >= 0.3 is 0 Å². The van der Waals surface area contributed by atoms with Crippen LogP contribution in [0.4, 0.5) is 0 Å². The van der Waals surface area contributed by atoms with Crippen molar-refractivity contribution >= 4 is 33.2 Å². The molecule has 0 aliphatic heterocycles. The molecule has 90 valence electrons. The predicted octanol–water partition coefficient (Wildman–Crippen LogP) is 4.57. The number of rotatable bonds is 2. The van der Waals surface area contributed by atoms with Gasteiger partial charge < -0.3 is 0 Å². The molecule has 0 radical (unpaired) electrons. The zero-order chi connectivity index (χ0) is 11.9. The second-order valence-electron chi connectivity index (χ2n) is 4.83. The van der Waals surface area contributed by atoms with E-state index >= 15 is 0 Å². The Morgan fingerprint density at radius 1 is 1.35 bits per heavy atom. The van der Waals surface area contributed by atoms with Crippen LogP contribution in [0.1, 0.15) is 43.9 Å². The van der Waals surface area contributed by atoms with E-state index in [1.54, 1.807) is 17.7 Å². The van der Waals surface area contributed by atoms with Gasteiger partial charge in [-0.3, -0.25) is 0 Å². The van der Waals surface area contributed by atoms with Gasteiger partial charge in [-0.15, -0.1) is 11.3 Å². The van der Waals surface area contributed by atoms with E-state index in [1.807, 2.05) is 0 Å². The fourth-order valence-corrected chi connectivity index (χ4v) is 4.48. The molecule has 0 spiro atoms. The second-order valence-corrected chi connectivity index (χ2v) is 6.24. The molecule has 1 aliphatic carbocycles. The molecular formula is C13H15ClN2S. The molecule has 4 heteroatoms. The van der Waals surface area contributed by atoms with Crippen molar-refractivity contribution in [3.8, 4) is 0 Å². The van der Waals surface area contributed by atoms with Crippen LogP contribution in [-0.4, -0.2) is 9.97 Å². The van der Waals surface area contributed by atoms with Gasteiger partial charge in [0.15, 0.2) is 0 Å². The van der Waals surface area contributed by atoms with Crippen molar-refractivity contribution in [3.63, 3.8) is 0 Å². The van der Waals surface area contributed by atoms with E-state index in [-0.39, 0.29) is 0 Å². The molecule has 0 saturated heterocycles. The fraction of sp³-hybridized carbons (Fsp3) is 0.538. The van der Waals surface area contributed by atoms with E-state index in [0.29, 0.717) is 10.6 Å². The summed E-state index contributed by atoms with van der Waals surface area (Å²) in [6, 6.07) is 2.22. The van der Waals surface area contributed by atoms with Crippen molar-refractivity contribution in [3.05, 3.63) is 22.4 Å². The fourth-order valence-electron chi connectivity index (χ4n) is 2.91. The van der Waals surface area contributed by atoms with E-state index in [4.69, 9.17) is 11.6 Å². The van der Waals surface area contributed by atoms with Crippen LogP contribution in [-0.2, 0) is 5.41 Å². The van der Waals surface area contributed by atoms with Crippen LogP contribution in [0.3, 0.4) is 0 Å². The maximum atomic E-state index is 6.12. The Morgan fingerprint density at radius 3 is 2.76 bits per heavy atom. The summed E-state index contributed by atoms with van der Waals surface area (Å²) in [5.74, 6) is 0. The van der Waals surface area contributed by atoms with Crippen molar-refractivity contribution in [2.75, 3.05) is 0 Å². The lowest BCUT2D eigenvalue weighted by Gasteiger charge is -2.25. The topological polar surface area (TPSA) is 25.8 Å². The minimum absolute atomic E-state index is 0.384. The van der Waals surface area contributed by atoms with Crippen molar-refractivity contribution in [2.45, 2.75) is 44.4 Å². The van der Waals surface area contributed by atoms with Gasteiger partial charge in [-0.05, 0) is 25.3 Å². The molecule has 0 atom stereocenters. The van der Waals surface area contributed by atoms with Gasteiger partial charge in [0.1, 0.15) is 11.5 Å². The van der Waals surface area contributed by atoms with Crippen LogP contribution in [0.5, 0.6) is 0 Å². The minimum Gasteiger partial charge on any atom is -0.235 e. The third kappa shape index (κ3) is 1.76. The summed E-state index contributed by atoms with van der Waals surface area (Å²) in [5.41, 5.74) is 1.39. The third-order valence-electron chi connectivity index (χ3n) is 4.03. The number of halogens is 1. The zero-order valence-corrected chi connectivity index (χ0v) is 11.4. The smallest absolute Gasteiger partial charge is 0.150 e. The van der Waals surface area contributed by atoms with E-state index < -0.39 is 0 Å². The summed E-state index contributed by atoms with van der Waals surface area (Å²) in [4.78, 5) is 9.83. The summed E-state index contributed by atoms with van der Waals surface area (Å²) < 4.78 is 1.05. The molecule has 2 heterocycles. The molecule has 17 heavy (non-hydrogen) atoms. The van der Waals surface area contributed by atoms with Crippen molar-refractivity contribution < 1.29 is 0 Å². The van der Waals surface area contributed by atoms with Crippen LogP contribution < -0.4 is 0 Å². The van der Waals surface area contributed by atoms with Crippen molar-refractivity contribution in [1.29, 1.82) is 0 Å². The summed E-state index contributed by atoms with van der Waals surface area (Å²) in [5, 5.41) is 0.593. The van der Waals surface area contributed by atoms with Gasteiger partial charge in [0.25, 0.3) is 0 Å². The highest BCUT2D eigenvalue weighted by Crippen LogP contribution is 2.47. The number of hydrogen-bond donors (Lipinski definition) is 0. The molecule has 1 saturated carbocycles. The van der Waals surface area contributed by atoms with Gasteiger partial charge in [0.05, 0.1) is 10.2 Å². The lowest BCUT2D eigenvalue weighted by molar-refractivity contribution is 0.434. The molecule has 0 N–H and O–H groups in total. The first-order chi connectivity index (χ1) is 8.25. The largest absolute Gasteiger partial charge is 0.235 e. The molecule has 0 bridgehead atoms. The maximum Gasteiger partial charge on any atom is 0.150 e. The van der Waals surface area contributed by atoms with Crippen molar-refractivity contribution in [2.24, 2.45) is 0 Å². The lowest BCUT2D eigenvalue weighted by Crippen LogP contribution is -2.18. The highest BCUT2D eigenvalue weighted by Gasteiger charge is 2.35. The Hall–Kier alpha value is -0.670. The predicted molar refractivity (Wildman–Crippen MR) is 72.9 cm³/mol. The van der Waals surface area contributed by atoms with Crippen molar-refractivity contribution in [1.82, 2.24) is 9.97 Å². The highest BCUT2D eigenvalue weighted by molar-refractivity contribution is 7.19. The average molecular weight is 267 g/mol. The molecule has 3 rings (SSSR count). The Kier molecular flexibility index (Phi) is 2.83. The molecule has 2 nitrogen and oxygen atoms in total. The Morgan fingerprint density at radius 2 is 2.12 bits per heavy atom. The number of nitrogens with zero attached hydrogens (tertiary/aromatic N) is 2. The van der Waals surface area contributed by atoms with Gasteiger partial charge in [-0.25, -0.2) is 9.97 Å². The first kappa shape index (κ1) is 11.4. The molecule has 0 unspecified atom stereocenters. The highest BCUT2D eigenvalue weighted by atomic mass is 35.5. The van der Waals surface area contributed by atoms with Crippen LogP contribution in [0.15, 0.2) is 12.4 Å². The van der Waals surface area contributed by atoms with Crippen LogP contribution in [0.2, 0.25) is 5.15 Å². The first-order valence-corrected chi connectivity index (χ1v) is 7.35. The molecule has 2 aromatic heterocycles. The Bertz CT molecular complexity index is 543. The second kappa shape index (κ2) is 4.21. The SMILES string of the molecule is CCC1(c2cc3ncnc(Cl)c3s2)CCCC1. The third-order valence-corrected chi connectivity index (χ3v) is 5.80. The normalized spacial score (nSPS) is 18.9. The van der Waals surface area contributed by atoms with E-state index in [9.17, 15) is 0 Å². The summed E-state index contributed by atoms with van der Waals surface area (Å²) in [6.07, 6.45) is 8.07. The molecule has 0 aromatic carbocycles. The van der Waals surface area contributed by atoms with E-state index in [1.165, 1.54) is 37.0 Å². The Balaban J connectivity index is 2.14. The molecule has 1 fully saturated rings. The summed E-state index contributed by atoms with van der Waals surface area (Å²) >= 11 is 7.91. The van der Waals surface area contributed by atoms with E-state index in [0.717, 1.165) is 10.2 Å². The molecule has 2 aromatic rings. The average Bonchev–Trinajstić information content (AvgIpc) is 2.96. The lowest BCUT2D eigenvalue weighted by atomic mass is 9.82. The zero-order valence-electron chi connectivity index (χ0n) is 9.87. The van der Waals surface area contributed by atoms with Crippen LogP contribution in [0.25, 0.3) is 10.2 Å². The molecule has 0 amide bonds. The molecule has 1 aliphatic rings. The number of aromatic nitrogens is 2. The van der Waals surface area contributed by atoms with Crippen LogP contribution in [0, 0.1) is 0 Å². The monoisotopic (exact) mass is 266 g/mol. The number of thiophene rings is 1. The van der Waals surface area contributed by atoms with Gasteiger partial charge in [-0.1, -0.05) is 31.4 Å². The first-order valence-electron chi connectivity index (χ1n) is 6.16. The maximum absolute atomic E-state index is 6.12. The van der Waals surface area contributed by atoms with Crippen LogP contribution >= 0.6 is 22.9 Å².